The molecule has 0 bridgehead atoms. The normalized spacial score (nSPS) is 6.94. The lowest BCUT2D eigenvalue weighted by molar-refractivity contribution is -0.445. The molecule has 0 atom stereocenters. The second kappa shape index (κ2) is 17.0. The molecule has 0 aliphatic carbocycles. The lowest BCUT2D eigenvalue weighted by atomic mass is 10.2. The topological polar surface area (TPSA) is 60.2 Å². The van der Waals surface area contributed by atoms with Crippen LogP contribution in [0, 0.1) is 17.0 Å². The molecule has 0 aliphatic rings. The van der Waals surface area contributed by atoms with Crippen molar-refractivity contribution in [2.45, 2.75) is 27.7 Å². The lowest BCUT2D eigenvalue weighted by Crippen LogP contribution is -1.79. The minimum Gasteiger partial charge on any atom is -0.282 e. The van der Waals surface area contributed by atoms with E-state index in [4.69, 9.17) is 10.1 Å². The Kier molecular flexibility index (Phi) is 20.9. The summed E-state index contributed by atoms with van der Waals surface area (Å²) in [6, 6.07) is 10.3. The average Bonchev–Trinajstić information content (AvgIpc) is 2.20. The minimum absolute atomic E-state index is 0.361. The number of halogens is 1. The molecule has 0 fully saturated rings. The van der Waals surface area contributed by atoms with Gasteiger partial charge in [-0.25, -0.2) is 0 Å². The molecule has 0 N–H and O–H groups in total. The maximum atomic E-state index is 9.21. The van der Waals surface area contributed by atoms with E-state index in [-0.39, 0.29) is 5.24 Å². The molecule has 1 aromatic carbocycles. The van der Waals surface area contributed by atoms with Gasteiger partial charge in [-0.15, -0.1) is 0 Å². The zero-order valence-electron chi connectivity index (χ0n) is 10.9. The summed E-state index contributed by atoms with van der Waals surface area (Å²) in [6.07, 6.45) is 0. The Hall–Kier alpha value is -1.42. The van der Waals surface area contributed by atoms with E-state index in [1.807, 2.05) is 32.0 Å². The lowest BCUT2D eigenvalue weighted by Gasteiger charge is -1.82. The van der Waals surface area contributed by atoms with E-state index in [1.165, 1.54) is 12.5 Å². The quantitative estimate of drug-likeness (QED) is 0.407. The number of aryl methyl sites for hydroxylation is 1. The third-order valence-corrected chi connectivity index (χ3v) is 0.940. The van der Waals surface area contributed by atoms with E-state index < -0.39 is 4.92 Å². The molecule has 5 heteroatoms. The highest BCUT2D eigenvalue weighted by atomic mass is 35.5. The van der Waals surface area contributed by atoms with Gasteiger partial charge in [0.15, 0.2) is 7.05 Å². The molecule has 17 heavy (non-hydrogen) atoms. The van der Waals surface area contributed by atoms with Crippen molar-refractivity contribution in [1.82, 2.24) is 0 Å². The van der Waals surface area contributed by atoms with E-state index in [9.17, 15) is 4.79 Å². The highest BCUT2D eigenvalue weighted by Gasteiger charge is 1.72. The third kappa shape index (κ3) is 53.3. The second-order valence-electron chi connectivity index (χ2n) is 2.56. The van der Waals surface area contributed by atoms with Gasteiger partial charge >= 0.3 is 0 Å². The van der Waals surface area contributed by atoms with E-state index in [0.717, 1.165) is 7.05 Å². The van der Waals surface area contributed by atoms with E-state index >= 15 is 0 Å². The summed E-state index contributed by atoms with van der Waals surface area (Å²) >= 11 is 4.64. The number of hydrogen-bond acceptors (Lipinski definition) is 3. The molecule has 4 nitrogen and oxygen atoms in total. The predicted molar refractivity (Wildman–Crippen MR) is 72.0 cm³/mol. The van der Waals surface area contributed by atoms with Crippen molar-refractivity contribution in [3.05, 3.63) is 46.0 Å². The number of carbonyl (C=O) groups is 1. The maximum Gasteiger partial charge on any atom is 0.218 e. The van der Waals surface area contributed by atoms with E-state index in [1.54, 1.807) is 0 Å². The average molecular weight is 262 g/mol. The minimum atomic E-state index is -0.500. The van der Waals surface area contributed by atoms with Gasteiger partial charge in [-0.3, -0.25) is 14.9 Å². The first-order chi connectivity index (χ1) is 7.86. The second-order valence-corrected chi connectivity index (χ2v) is 3.10. The molecule has 0 spiro atoms. The molecule has 0 aliphatic heterocycles. The fraction of sp³-hybridized carbons (Fsp3) is 0.417. The van der Waals surface area contributed by atoms with Crippen molar-refractivity contribution in [2.24, 2.45) is 0 Å². The summed E-state index contributed by atoms with van der Waals surface area (Å²) in [5.41, 5.74) is 1.32. The highest BCUT2D eigenvalue weighted by molar-refractivity contribution is 6.62. The molecule has 0 heterocycles. The first-order valence-corrected chi connectivity index (χ1v) is 5.49. The van der Waals surface area contributed by atoms with Crippen molar-refractivity contribution < 1.29 is 9.72 Å². The zero-order valence-corrected chi connectivity index (χ0v) is 11.7. The van der Waals surface area contributed by atoms with Crippen LogP contribution in [-0.2, 0) is 4.79 Å². The van der Waals surface area contributed by atoms with Gasteiger partial charge in [0.1, 0.15) is 0 Å². The van der Waals surface area contributed by atoms with Crippen LogP contribution in [0.3, 0.4) is 0 Å². The summed E-state index contributed by atoms with van der Waals surface area (Å²) in [5.74, 6) is 0. The fourth-order valence-corrected chi connectivity index (χ4v) is 0.534. The Balaban J connectivity index is -0.000000172. The van der Waals surface area contributed by atoms with Crippen molar-refractivity contribution in [3.63, 3.8) is 0 Å². The monoisotopic (exact) mass is 261 g/mol. The molecule has 0 saturated carbocycles. The molecule has 0 radical (unpaired) electrons. The molecular formula is C12H20ClNO3. The van der Waals surface area contributed by atoms with E-state index in [0.29, 0.717) is 0 Å². The Morgan fingerprint density at radius 2 is 1.47 bits per heavy atom. The molecule has 98 valence electrons. The van der Waals surface area contributed by atoms with Gasteiger partial charge in [-0.2, -0.15) is 0 Å². The van der Waals surface area contributed by atoms with Gasteiger partial charge in [0.2, 0.25) is 5.24 Å². The number of benzene rings is 1. The fourth-order valence-electron chi connectivity index (χ4n) is 0.534. The van der Waals surface area contributed by atoms with Crippen molar-refractivity contribution in [1.29, 1.82) is 0 Å². The van der Waals surface area contributed by atoms with Gasteiger partial charge in [-0.05, 0) is 18.5 Å². The molecule has 0 unspecified atom stereocenters. The van der Waals surface area contributed by atoms with Crippen LogP contribution in [0.25, 0.3) is 0 Å². The van der Waals surface area contributed by atoms with Gasteiger partial charge in [0.25, 0.3) is 0 Å². The summed E-state index contributed by atoms with van der Waals surface area (Å²) in [6.45, 7) is 7.38. The Labute approximate surface area is 108 Å². The highest BCUT2D eigenvalue weighted by Crippen LogP contribution is 1.92. The van der Waals surface area contributed by atoms with Crippen LogP contribution in [0.4, 0.5) is 0 Å². The Morgan fingerprint density at radius 3 is 1.59 bits per heavy atom. The van der Waals surface area contributed by atoms with Crippen molar-refractivity contribution in [2.75, 3.05) is 7.05 Å². The van der Waals surface area contributed by atoms with Crippen molar-refractivity contribution >= 4 is 16.8 Å². The Morgan fingerprint density at radius 1 is 1.24 bits per heavy atom. The standard InChI is InChI=1S/C7H8.C2H3ClO.C2H6.CH3NO2/c1-7-5-3-2-4-6-7;1-2(3)4;1-2;1-2(3)4/h2-6H,1H3;1H3;1-2H3;1H3. The van der Waals surface area contributed by atoms with Gasteiger partial charge < -0.3 is 0 Å². The van der Waals surface area contributed by atoms with Crippen LogP contribution in [0.2, 0.25) is 0 Å². The smallest absolute Gasteiger partial charge is 0.218 e. The number of rotatable bonds is 0. The SMILES string of the molecule is CC.CC(=O)Cl.C[N+](=O)[O-].Cc1ccccc1. The van der Waals surface area contributed by atoms with Crippen molar-refractivity contribution in [3.8, 4) is 0 Å². The molecule has 0 amide bonds. The molecule has 0 aromatic heterocycles. The van der Waals surface area contributed by atoms with Crippen LogP contribution >= 0.6 is 11.6 Å². The first kappa shape index (κ1) is 20.9. The zero-order chi connectivity index (χ0) is 14.3. The largest absolute Gasteiger partial charge is 0.282 e. The van der Waals surface area contributed by atoms with Gasteiger partial charge in [0, 0.05) is 11.8 Å². The molecule has 1 rings (SSSR count). The molecule has 1 aromatic rings. The van der Waals surface area contributed by atoms with E-state index in [2.05, 4.69) is 30.7 Å². The van der Waals surface area contributed by atoms with Crippen LogP contribution in [0.1, 0.15) is 26.3 Å². The Bertz CT molecular complexity index is 269. The summed E-state index contributed by atoms with van der Waals surface area (Å²) in [4.78, 5) is 17.5. The molecule has 0 saturated heterocycles. The van der Waals surface area contributed by atoms with Crippen LogP contribution < -0.4 is 0 Å². The van der Waals surface area contributed by atoms with Gasteiger partial charge in [0.05, 0.1) is 0 Å². The van der Waals surface area contributed by atoms with Crippen LogP contribution in [0.5, 0.6) is 0 Å². The predicted octanol–water partition coefficient (Wildman–Crippen LogP) is 3.69. The summed E-state index contributed by atoms with van der Waals surface area (Å²) in [5, 5.41) is 8.44. The molecular weight excluding hydrogens is 242 g/mol. The maximum absolute atomic E-state index is 9.21. The third-order valence-electron chi connectivity index (χ3n) is 0.940. The number of carbonyl (C=O) groups excluding carboxylic acids is 1. The number of nitrogens with zero attached hydrogens (tertiary/aromatic N) is 1. The van der Waals surface area contributed by atoms with Crippen LogP contribution in [-0.4, -0.2) is 17.2 Å². The van der Waals surface area contributed by atoms with Gasteiger partial charge in [-0.1, -0.05) is 49.7 Å². The van der Waals surface area contributed by atoms with Crippen LogP contribution in [0.15, 0.2) is 30.3 Å². The summed E-state index contributed by atoms with van der Waals surface area (Å²) in [7, 11) is 0.889. The summed E-state index contributed by atoms with van der Waals surface area (Å²) < 4.78 is 0. The first-order valence-electron chi connectivity index (χ1n) is 5.12. The number of nitro groups is 1. The number of hydrogen-bond donors (Lipinski definition) is 0.